The minimum atomic E-state index is -0.124. The highest BCUT2D eigenvalue weighted by atomic mass is 16.2. The minimum Gasteiger partial charge on any atom is -0.274 e. The lowest BCUT2D eigenvalue weighted by Crippen LogP contribution is -2.31. The molecule has 1 saturated heterocycles. The fraction of sp³-hybridized carbons (Fsp3) is 0.700. The van der Waals surface area contributed by atoms with Crippen LogP contribution in [0.4, 0.5) is 0 Å². The number of nitrogens with zero attached hydrogens (tertiary/aromatic N) is 2. The van der Waals surface area contributed by atoms with Gasteiger partial charge < -0.3 is 0 Å². The van der Waals surface area contributed by atoms with Gasteiger partial charge in [-0.3, -0.25) is 14.5 Å². The molecule has 2 rings (SSSR count). The molecule has 1 aliphatic heterocycles. The Morgan fingerprint density at radius 1 is 1.21 bits per heavy atom. The first kappa shape index (κ1) is 9.20. The summed E-state index contributed by atoms with van der Waals surface area (Å²) in [7, 11) is 0. The van der Waals surface area contributed by atoms with Gasteiger partial charge in [0, 0.05) is 0 Å². The maximum absolute atomic E-state index is 11.7. The number of hydrogen-bond acceptors (Lipinski definition) is 3. The van der Waals surface area contributed by atoms with Gasteiger partial charge in [-0.1, -0.05) is 12.8 Å². The summed E-state index contributed by atoms with van der Waals surface area (Å²) >= 11 is 0. The number of hydrogen-bond donors (Lipinski definition) is 0. The van der Waals surface area contributed by atoms with Crippen LogP contribution < -0.4 is 0 Å². The number of carbonyl (C=O) groups excluding carboxylic acids is 2. The zero-order chi connectivity index (χ0) is 10.1. The summed E-state index contributed by atoms with van der Waals surface area (Å²) in [5.74, 6) is -0.489. The molecule has 1 saturated carbocycles. The smallest absolute Gasteiger partial charge is 0.234 e. The Kier molecular flexibility index (Phi) is 2.24. The van der Waals surface area contributed by atoms with Crippen molar-refractivity contribution in [1.82, 2.24) is 4.90 Å². The van der Waals surface area contributed by atoms with Crippen LogP contribution in [0.1, 0.15) is 25.7 Å². The number of imide groups is 1. The van der Waals surface area contributed by atoms with Crippen molar-refractivity contribution in [2.24, 2.45) is 11.8 Å². The lowest BCUT2D eigenvalue weighted by atomic mass is 9.81. The molecule has 0 aromatic carbocycles. The lowest BCUT2D eigenvalue weighted by molar-refractivity contribution is -0.139. The highest BCUT2D eigenvalue weighted by molar-refractivity contribution is 6.05. The van der Waals surface area contributed by atoms with Crippen molar-refractivity contribution >= 4 is 11.8 Å². The number of nitriles is 1. The molecular formula is C10H12N2O2. The first-order valence-electron chi connectivity index (χ1n) is 4.98. The Labute approximate surface area is 82.5 Å². The Morgan fingerprint density at radius 2 is 1.71 bits per heavy atom. The maximum atomic E-state index is 11.7. The molecule has 2 atom stereocenters. The molecule has 74 valence electrons. The molecule has 14 heavy (non-hydrogen) atoms. The van der Waals surface area contributed by atoms with E-state index in [1.807, 2.05) is 6.07 Å². The Bertz CT molecular complexity index is 295. The van der Waals surface area contributed by atoms with Crippen LogP contribution in [0.5, 0.6) is 0 Å². The van der Waals surface area contributed by atoms with Gasteiger partial charge in [-0.2, -0.15) is 5.26 Å². The first-order valence-corrected chi connectivity index (χ1v) is 4.98. The third-order valence-corrected chi connectivity index (χ3v) is 3.16. The Hall–Kier alpha value is -1.37. The molecule has 1 heterocycles. The molecule has 0 N–H and O–H groups in total. The Morgan fingerprint density at radius 3 is 2.14 bits per heavy atom. The van der Waals surface area contributed by atoms with E-state index in [2.05, 4.69) is 0 Å². The number of rotatable bonds is 1. The monoisotopic (exact) mass is 192 g/mol. The summed E-state index contributed by atoms with van der Waals surface area (Å²) in [6.07, 6.45) is 3.69. The molecule has 0 aromatic heterocycles. The van der Waals surface area contributed by atoms with E-state index >= 15 is 0 Å². The van der Waals surface area contributed by atoms with Gasteiger partial charge in [0.1, 0.15) is 6.54 Å². The molecule has 4 nitrogen and oxygen atoms in total. The zero-order valence-electron chi connectivity index (χ0n) is 7.90. The first-order chi connectivity index (χ1) is 6.75. The van der Waals surface area contributed by atoms with Crippen LogP contribution in [0.25, 0.3) is 0 Å². The molecule has 0 spiro atoms. The van der Waals surface area contributed by atoms with E-state index < -0.39 is 0 Å². The third kappa shape index (κ3) is 1.20. The molecule has 4 heteroatoms. The molecule has 2 fully saturated rings. The van der Waals surface area contributed by atoms with E-state index in [0.717, 1.165) is 30.6 Å². The number of amides is 2. The predicted molar refractivity (Wildman–Crippen MR) is 47.8 cm³/mol. The van der Waals surface area contributed by atoms with Crippen LogP contribution in [-0.4, -0.2) is 23.3 Å². The van der Waals surface area contributed by atoms with Gasteiger partial charge in [-0.25, -0.2) is 0 Å². The number of likely N-dealkylation sites (tertiary alicyclic amines) is 1. The molecule has 2 unspecified atom stereocenters. The van der Waals surface area contributed by atoms with E-state index in [4.69, 9.17) is 5.26 Å². The minimum absolute atomic E-state index is 0.0787. The average molecular weight is 192 g/mol. The normalized spacial score (nSPS) is 31.5. The summed E-state index contributed by atoms with van der Waals surface area (Å²) in [6, 6.07) is 1.86. The van der Waals surface area contributed by atoms with Gasteiger partial charge in [0.05, 0.1) is 17.9 Å². The van der Waals surface area contributed by atoms with E-state index in [0.29, 0.717) is 0 Å². The van der Waals surface area contributed by atoms with Gasteiger partial charge in [0.15, 0.2) is 0 Å². The van der Waals surface area contributed by atoms with Crippen molar-refractivity contribution in [2.75, 3.05) is 6.54 Å². The summed E-state index contributed by atoms with van der Waals surface area (Å²) in [5.41, 5.74) is 0. The molecule has 1 aliphatic carbocycles. The second kappa shape index (κ2) is 3.41. The van der Waals surface area contributed by atoms with Crippen LogP contribution in [0, 0.1) is 23.2 Å². The van der Waals surface area contributed by atoms with Gasteiger partial charge in [-0.15, -0.1) is 0 Å². The van der Waals surface area contributed by atoms with Crippen LogP contribution in [-0.2, 0) is 9.59 Å². The molecular weight excluding hydrogens is 180 g/mol. The lowest BCUT2D eigenvalue weighted by Gasteiger charge is -2.19. The predicted octanol–water partition coefficient (Wildman–Crippen LogP) is 0.685. The zero-order valence-corrected chi connectivity index (χ0v) is 7.90. The van der Waals surface area contributed by atoms with E-state index in [1.54, 1.807) is 0 Å². The molecule has 2 aliphatic rings. The van der Waals surface area contributed by atoms with Crippen LogP contribution in [0.15, 0.2) is 0 Å². The van der Waals surface area contributed by atoms with Gasteiger partial charge >= 0.3 is 0 Å². The molecule has 2 amide bonds. The largest absolute Gasteiger partial charge is 0.274 e. The highest BCUT2D eigenvalue weighted by Crippen LogP contribution is 2.37. The third-order valence-electron chi connectivity index (χ3n) is 3.16. The summed E-state index contributed by atoms with van der Waals surface area (Å²) in [5, 5.41) is 8.50. The van der Waals surface area contributed by atoms with E-state index in [9.17, 15) is 9.59 Å². The summed E-state index contributed by atoms with van der Waals surface area (Å²) < 4.78 is 0. The van der Waals surface area contributed by atoms with Gasteiger partial charge in [0.2, 0.25) is 11.8 Å². The fourth-order valence-electron chi connectivity index (χ4n) is 2.46. The van der Waals surface area contributed by atoms with Crippen LogP contribution >= 0.6 is 0 Å². The second-order valence-corrected chi connectivity index (χ2v) is 3.92. The summed E-state index contributed by atoms with van der Waals surface area (Å²) in [6.45, 7) is -0.0787. The van der Waals surface area contributed by atoms with Crippen molar-refractivity contribution in [3.63, 3.8) is 0 Å². The van der Waals surface area contributed by atoms with Gasteiger partial charge in [-0.05, 0) is 12.8 Å². The summed E-state index contributed by atoms with van der Waals surface area (Å²) in [4.78, 5) is 24.5. The molecule has 0 aromatic rings. The highest BCUT2D eigenvalue weighted by Gasteiger charge is 2.47. The van der Waals surface area contributed by atoms with Crippen LogP contribution in [0.3, 0.4) is 0 Å². The molecule has 0 bridgehead atoms. The topological polar surface area (TPSA) is 61.2 Å². The van der Waals surface area contributed by atoms with Gasteiger partial charge in [0.25, 0.3) is 0 Å². The maximum Gasteiger partial charge on any atom is 0.234 e. The quantitative estimate of drug-likeness (QED) is 0.453. The van der Waals surface area contributed by atoms with Crippen molar-refractivity contribution in [3.05, 3.63) is 0 Å². The van der Waals surface area contributed by atoms with E-state index in [-0.39, 0.29) is 30.2 Å². The van der Waals surface area contributed by atoms with Crippen molar-refractivity contribution in [2.45, 2.75) is 25.7 Å². The fourth-order valence-corrected chi connectivity index (χ4v) is 2.46. The van der Waals surface area contributed by atoms with Crippen molar-refractivity contribution < 1.29 is 9.59 Å². The van der Waals surface area contributed by atoms with Crippen LogP contribution in [0.2, 0.25) is 0 Å². The van der Waals surface area contributed by atoms with Crippen molar-refractivity contribution in [3.8, 4) is 6.07 Å². The van der Waals surface area contributed by atoms with E-state index in [1.165, 1.54) is 0 Å². The number of fused-ring (bicyclic) bond motifs is 1. The standard InChI is InChI=1S/C10H12N2O2/c11-5-6-12-9(13)7-3-1-2-4-8(7)10(12)14/h7-8H,1-4,6H2. The second-order valence-electron chi connectivity index (χ2n) is 3.92. The number of carbonyl (C=O) groups is 2. The molecule has 0 radical (unpaired) electrons. The Balaban J connectivity index is 2.21. The SMILES string of the molecule is N#CCN1C(=O)C2CCCCC2C1=O. The average Bonchev–Trinajstić information content (AvgIpc) is 2.45. The van der Waals surface area contributed by atoms with Crippen molar-refractivity contribution in [1.29, 1.82) is 5.26 Å².